The Kier molecular flexibility index (Phi) is 7.24. The van der Waals surface area contributed by atoms with Crippen LogP contribution in [0.2, 0.25) is 0 Å². The Hall–Kier alpha value is -4.73. The zero-order valence-electron chi connectivity index (χ0n) is 20.0. The fourth-order valence-corrected chi connectivity index (χ4v) is 3.73. The predicted octanol–water partition coefficient (Wildman–Crippen LogP) is 1.60. The van der Waals surface area contributed by atoms with Gasteiger partial charge in [-0.3, -0.25) is 29.8 Å². The molecule has 0 atom stereocenters. The molecule has 2 heterocycles. The summed E-state index contributed by atoms with van der Waals surface area (Å²) in [5.41, 5.74) is 6.47. The monoisotopic (exact) mass is 486 g/mol. The average molecular weight is 487 g/mol. The normalized spacial score (nSPS) is 11.2. The minimum Gasteiger partial charge on any atom is -0.325 e. The Morgan fingerprint density at radius 3 is 2.39 bits per heavy atom. The zero-order valence-corrected chi connectivity index (χ0v) is 20.0. The minimum atomic E-state index is -0.723. The number of hydrogen-bond donors (Lipinski definition) is 2. The van der Waals surface area contributed by atoms with E-state index >= 15 is 0 Å². The first-order valence-electron chi connectivity index (χ1n) is 11.4. The highest BCUT2D eigenvalue weighted by Gasteiger charge is 2.19. The van der Waals surface area contributed by atoms with Crippen molar-refractivity contribution in [1.82, 2.24) is 29.5 Å². The van der Waals surface area contributed by atoms with Crippen molar-refractivity contribution in [3.8, 4) is 0 Å². The second-order valence-corrected chi connectivity index (χ2v) is 8.23. The average Bonchev–Trinajstić information content (AvgIpc) is 3.32. The van der Waals surface area contributed by atoms with Crippen LogP contribution in [0.1, 0.15) is 23.6 Å². The van der Waals surface area contributed by atoms with Crippen molar-refractivity contribution in [2.45, 2.75) is 33.5 Å². The van der Waals surface area contributed by atoms with Gasteiger partial charge in [-0.25, -0.2) is 14.3 Å². The molecule has 4 rings (SSSR count). The van der Waals surface area contributed by atoms with Gasteiger partial charge in [-0.2, -0.15) is 0 Å². The van der Waals surface area contributed by atoms with Gasteiger partial charge in [0.15, 0.2) is 11.2 Å². The lowest BCUT2D eigenvalue weighted by atomic mass is 10.1. The first-order valence-corrected chi connectivity index (χ1v) is 11.4. The van der Waals surface area contributed by atoms with Crippen LogP contribution in [0.3, 0.4) is 0 Å². The number of carbonyl (C=O) groups excluding carboxylic acids is 2. The van der Waals surface area contributed by atoms with E-state index in [-0.39, 0.29) is 17.7 Å². The molecule has 0 unspecified atom stereocenters. The molecule has 0 spiro atoms. The number of imidazole rings is 1. The van der Waals surface area contributed by atoms with Crippen molar-refractivity contribution in [2.75, 3.05) is 0 Å². The van der Waals surface area contributed by atoms with Crippen molar-refractivity contribution in [1.29, 1.82) is 0 Å². The molecular formula is C26H26N6O4. The number of nitrogens with zero attached hydrogens (tertiary/aromatic N) is 4. The van der Waals surface area contributed by atoms with E-state index in [1.165, 1.54) is 17.0 Å². The first kappa shape index (κ1) is 24.4. The van der Waals surface area contributed by atoms with Gasteiger partial charge in [0, 0.05) is 12.6 Å². The lowest BCUT2D eigenvalue weighted by Crippen LogP contribution is -2.48. The van der Waals surface area contributed by atoms with E-state index in [0.717, 1.165) is 21.3 Å². The van der Waals surface area contributed by atoms with Gasteiger partial charge in [0.05, 0.1) is 12.9 Å². The summed E-state index contributed by atoms with van der Waals surface area (Å²) >= 11 is 0. The van der Waals surface area contributed by atoms with E-state index in [0.29, 0.717) is 6.54 Å². The number of hydrazine groups is 1. The van der Waals surface area contributed by atoms with E-state index in [1.54, 1.807) is 10.6 Å². The topological polar surface area (TPSA) is 120 Å². The maximum atomic E-state index is 13.3. The number of rotatable bonds is 7. The quantitative estimate of drug-likeness (QED) is 0.304. The molecule has 10 heteroatoms. The third kappa shape index (κ3) is 5.33. The zero-order chi connectivity index (χ0) is 25.7. The highest BCUT2D eigenvalue weighted by molar-refractivity contribution is 5.93. The van der Waals surface area contributed by atoms with Gasteiger partial charge in [0.1, 0.15) is 6.54 Å². The number of hydrogen-bond acceptors (Lipinski definition) is 5. The van der Waals surface area contributed by atoms with Gasteiger partial charge in [0.25, 0.3) is 17.4 Å². The summed E-state index contributed by atoms with van der Waals surface area (Å²) in [6.45, 7) is 3.89. The van der Waals surface area contributed by atoms with Crippen LogP contribution < -0.4 is 22.1 Å². The van der Waals surface area contributed by atoms with Crippen LogP contribution in [0.4, 0.5) is 0 Å². The van der Waals surface area contributed by atoms with Crippen LogP contribution >= 0.6 is 0 Å². The summed E-state index contributed by atoms with van der Waals surface area (Å²) in [7, 11) is 0. The Morgan fingerprint density at radius 1 is 0.972 bits per heavy atom. The molecule has 2 aromatic carbocycles. The number of aromatic nitrogens is 4. The van der Waals surface area contributed by atoms with E-state index < -0.39 is 29.6 Å². The Morgan fingerprint density at radius 2 is 1.69 bits per heavy atom. The standard InChI is InChI=1S/C26H26N6O4/c1-3-30-17-27-24-23(30)25(35)32(26(36)31(24)15-20-7-5-4-6-8-20)16-22(34)29-28-21(33)14-13-19-11-9-18(2)10-12-19/h4-14,17H,3,15-16H2,1-2H3,(H,28,33)(H,29,34)/b14-13+. The lowest BCUT2D eigenvalue weighted by Gasteiger charge is -2.12. The van der Waals surface area contributed by atoms with Gasteiger partial charge < -0.3 is 4.57 Å². The fraction of sp³-hybridized carbons (Fsp3) is 0.192. The first-order chi connectivity index (χ1) is 17.4. The molecule has 2 N–H and O–H groups in total. The molecule has 0 aliphatic rings. The van der Waals surface area contributed by atoms with Crippen LogP contribution in [0.15, 0.2) is 76.6 Å². The highest BCUT2D eigenvalue weighted by Crippen LogP contribution is 2.09. The molecule has 184 valence electrons. The van der Waals surface area contributed by atoms with Crippen molar-refractivity contribution >= 4 is 29.1 Å². The molecular weight excluding hydrogens is 460 g/mol. The smallest absolute Gasteiger partial charge is 0.325 e. The molecule has 10 nitrogen and oxygen atoms in total. The molecule has 0 saturated carbocycles. The molecule has 36 heavy (non-hydrogen) atoms. The summed E-state index contributed by atoms with van der Waals surface area (Å²) in [4.78, 5) is 55.4. The van der Waals surface area contributed by atoms with Crippen molar-refractivity contribution < 1.29 is 9.59 Å². The van der Waals surface area contributed by atoms with Gasteiger partial charge in [-0.15, -0.1) is 0 Å². The van der Waals surface area contributed by atoms with Crippen LogP contribution in [0.25, 0.3) is 17.2 Å². The van der Waals surface area contributed by atoms with Gasteiger partial charge in [-0.1, -0.05) is 60.2 Å². The molecule has 0 saturated heterocycles. The van der Waals surface area contributed by atoms with E-state index in [4.69, 9.17) is 0 Å². The number of fused-ring (bicyclic) bond motifs is 1. The highest BCUT2D eigenvalue weighted by atomic mass is 16.2. The van der Waals surface area contributed by atoms with Crippen molar-refractivity contribution in [3.05, 3.63) is 105 Å². The van der Waals surface area contributed by atoms with E-state index in [9.17, 15) is 19.2 Å². The molecule has 0 bridgehead atoms. The summed E-state index contributed by atoms with van der Waals surface area (Å²) in [6.07, 6.45) is 4.38. The second kappa shape index (κ2) is 10.7. The van der Waals surface area contributed by atoms with Crippen molar-refractivity contribution in [3.63, 3.8) is 0 Å². The van der Waals surface area contributed by atoms with Crippen LogP contribution in [0.5, 0.6) is 0 Å². The van der Waals surface area contributed by atoms with Gasteiger partial charge in [-0.05, 0) is 31.1 Å². The summed E-state index contributed by atoms with van der Waals surface area (Å²) < 4.78 is 3.85. The molecule has 0 aliphatic carbocycles. The molecule has 2 aromatic heterocycles. The summed E-state index contributed by atoms with van der Waals surface area (Å²) in [6, 6.07) is 16.8. The van der Waals surface area contributed by atoms with Gasteiger partial charge in [0.2, 0.25) is 0 Å². The SMILES string of the molecule is CCn1cnc2c1c(=O)n(CC(=O)NNC(=O)/C=C/c1ccc(C)cc1)c(=O)n2Cc1ccccc1. The third-order valence-corrected chi connectivity index (χ3v) is 5.64. The molecule has 2 amide bonds. The summed E-state index contributed by atoms with van der Waals surface area (Å²) in [5, 5.41) is 0. The molecule has 0 radical (unpaired) electrons. The minimum absolute atomic E-state index is 0.180. The van der Waals surface area contributed by atoms with Crippen molar-refractivity contribution in [2.24, 2.45) is 0 Å². The number of benzene rings is 2. The molecule has 4 aromatic rings. The number of aryl methyl sites for hydroxylation is 2. The van der Waals surface area contributed by atoms with E-state index in [2.05, 4.69) is 15.8 Å². The second-order valence-electron chi connectivity index (χ2n) is 8.23. The van der Waals surface area contributed by atoms with Crippen LogP contribution in [0, 0.1) is 6.92 Å². The number of nitrogens with one attached hydrogen (secondary N) is 2. The predicted molar refractivity (Wildman–Crippen MR) is 136 cm³/mol. The van der Waals surface area contributed by atoms with Gasteiger partial charge >= 0.3 is 5.69 Å². The van der Waals surface area contributed by atoms with E-state index in [1.807, 2.05) is 68.4 Å². The fourth-order valence-electron chi connectivity index (χ4n) is 3.73. The number of amides is 2. The lowest BCUT2D eigenvalue weighted by molar-refractivity contribution is -0.127. The van der Waals surface area contributed by atoms with Crippen LogP contribution in [-0.4, -0.2) is 30.5 Å². The third-order valence-electron chi connectivity index (χ3n) is 5.64. The maximum Gasteiger partial charge on any atom is 0.333 e. The number of carbonyl (C=O) groups is 2. The van der Waals surface area contributed by atoms with Crippen LogP contribution in [-0.2, 0) is 29.2 Å². The Balaban J connectivity index is 1.54. The molecule has 0 aliphatic heterocycles. The molecule has 0 fully saturated rings. The maximum absolute atomic E-state index is 13.3. The largest absolute Gasteiger partial charge is 0.333 e. The summed E-state index contributed by atoms with van der Waals surface area (Å²) in [5.74, 6) is -1.28. The Bertz CT molecular complexity index is 1550. The Labute approximate surface area is 206 Å².